The summed E-state index contributed by atoms with van der Waals surface area (Å²) >= 11 is 0. The van der Waals surface area contributed by atoms with Gasteiger partial charge in [0, 0.05) is 65.4 Å². The Hall–Kier alpha value is -2.65. The fourth-order valence-electron chi connectivity index (χ4n) is 5.44. The molecule has 0 fully saturated rings. The number of benzene rings is 6. The molecule has 0 saturated carbocycles. The molecule has 2 N–H and O–H groups in total. The van der Waals surface area contributed by atoms with Gasteiger partial charge in [-0.15, -0.1) is 0 Å². The molecule has 0 amide bonds. The van der Waals surface area contributed by atoms with Crippen molar-refractivity contribution in [2.75, 3.05) is 0 Å². The quantitative estimate of drug-likeness (QED) is 0.147. The molecule has 6 rings (SSSR count). The molecule has 0 aliphatic rings. The Morgan fingerprint density at radius 2 is 0.621 bits per heavy atom. The summed E-state index contributed by atoms with van der Waals surface area (Å²) in [6, 6.07) is 44.0. The average molecular weight is 971 g/mol. The first kappa shape index (κ1) is 53.4. The summed E-state index contributed by atoms with van der Waals surface area (Å²) in [6.45, 7) is 16.0. The van der Waals surface area contributed by atoms with E-state index in [1.165, 1.54) is 69.5 Å². The van der Waals surface area contributed by atoms with E-state index < -0.39 is 20.2 Å². The van der Waals surface area contributed by atoms with Crippen molar-refractivity contribution in [1.82, 2.24) is 0 Å². The van der Waals surface area contributed by atoms with Gasteiger partial charge in [-0.3, -0.25) is 9.11 Å². The number of aryl methyl sites for hydroxylation is 6. The predicted octanol–water partition coefficient (Wildman–Crippen LogP) is 12.1. The van der Waals surface area contributed by atoms with Crippen LogP contribution < -0.4 is 0 Å². The van der Waals surface area contributed by atoms with Gasteiger partial charge in [0.05, 0.1) is 9.79 Å². The Kier molecular flexibility index (Phi) is 23.8. The van der Waals surface area contributed by atoms with E-state index in [1.54, 1.807) is 38.1 Å². The monoisotopic (exact) mass is 970 g/mol. The molecule has 6 aromatic rings. The number of unbranched alkanes of at least 4 members (excludes halogenated alkanes) is 1. The van der Waals surface area contributed by atoms with Crippen molar-refractivity contribution < 1.29 is 91.4 Å². The molecular weight excluding hydrogens is 914 g/mol. The zero-order valence-electron chi connectivity index (χ0n) is 35.0. The van der Waals surface area contributed by atoms with Crippen LogP contribution in [0.1, 0.15) is 82.3 Å². The van der Waals surface area contributed by atoms with E-state index in [4.69, 9.17) is 0 Å². The second kappa shape index (κ2) is 25.9. The molecular formula is C48H56O6S2Y2. The van der Waals surface area contributed by atoms with Crippen LogP contribution in [0.5, 0.6) is 0 Å². The molecule has 0 spiro atoms. The van der Waals surface area contributed by atoms with Crippen LogP contribution in [0.4, 0.5) is 0 Å². The van der Waals surface area contributed by atoms with Crippen molar-refractivity contribution in [3.8, 4) is 11.1 Å². The van der Waals surface area contributed by atoms with Gasteiger partial charge in [-0.1, -0.05) is 170 Å². The van der Waals surface area contributed by atoms with E-state index >= 15 is 0 Å². The maximum atomic E-state index is 11.3. The summed E-state index contributed by atoms with van der Waals surface area (Å²) in [6.07, 6.45) is 3.92. The zero-order chi connectivity index (χ0) is 41.5. The summed E-state index contributed by atoms with van der Waals surface area (Å²) < 4.78 is 63.7. The molecule has 2 radical (unpaired) electrons. The summed E-state index contributed by atoms with van der Waals surface area (Å²) in [5.41, 5.74) is 12.6. The maximum Gasteiger partial charge on any atom is 0.294 e. The maximum absolute atomic E-state index is 11.3. The second-order valence-electron chi connectivity index (χ2n) is 14.2. The first-order valence-corrected chi connectivity index (χ1v) is 21.7. The largest absolute Gasteiger partial charge is 0.294 e. The van der Waals surface area contributed by atoms with Gasteiger partial charge >= 0.3 is 0 Å². The van der Waals surface area contributed by atoms with E-state index in [-0.39, 0.29) is 81.6 Å². The summed E-state index contributed by atoms with van der Waals surface area (Å²) in [5, 5.41) is 0. The van der Waals surface area contributed by atoms with E-state index in [9.17, 15) is 25.9 Å². The molecule has 58 heavy (non-hydrogen) atoms. The molecule has 0 aromatic heterocycles. The van der Waals surface area contributed by atoms with Crippen molar-refractivity contribution >= 4 is 20.2 Å². The van der Waals surface area contributed by atoms with E-state index in [2.05, 4.69) is 139 Å². The van der Waals surface area contributed by atoms with Crippen LogP contribution in [0.2, 0.25) is 0 Å². The fraction of sp³-hybridized carbons (Fsp3) is 0.250. The molecule has 6 nitrogen and oxygen atoms in total. The normalized spacial score (nSPS) is 10.5. The van der Waals surface area contributed by atoms with Crippen molar-refractivity contribution in [3.05, 3.63) is 189 Å². The average Bonchev–Trinajstić information content (AvgIpc) is 3.15. The van der Waals surface area contributed by atoms with Crippen molar-refractivity contribution in [1.29, 1.82) is 0 Å². The Bertz CT molecular complexity index is 2190. The van der Waals surface area contributed by atoms with Crippen LogP contribution in [0, 0.1) is 41.5 Å². The van der Waals surface area contributed by atoms with Crippen LogP contribution in [0.15, 0.2) is 143 Å². The van der Waals surface area contributed by atoms with Gasteiger partial charge in [-0.2, -0.15) is 16.8 Å². The van der Waals surface area contributed by atoms with Crippen molar-refractivity contribution in [3.63, 3.8) is 0 Å². The van der Waals surface area contributed by atoms with Gasteiger partial charge in [-0.05, 0) is 111 Å². The molecule has 0 unspecified atom stereocenters. The van der Waals surface area contributed by atoms with Crippen molar-refractivity contribution in [2.45, 2.75) is 90.9 Å². The molecule has 0 aliphatic heterocycles. The Morgan fingerprint density at radius 3 is 0.879 bits per heavy atom. The molecule has 0 aliphatic carbocycles. The minimum absolute atomic E-state index is 0. The number of hydrogen-bond donors (Lipinski definition) is 2. The van der Waals surface area contributed by atoms with Gasteiger partial charge in [0.15, 0.2) is 0 Å². The third-order valence-corrected chi connectivity index (χ3v) is 11.0. The van der Waals surface area contributed by atoms with Crippen LogP contribution in [0.25, 0.3) is 11.1 Å². The van der Waals surface area contributed by atoms with Crippen LogP contribution >= 0.6 is 0 Å². The fourth-order valence-corrected chi connectivity index (χ4v) is 6.99. The third kappa shape index (κ3) is 18.7. The summed E-state index contributed by atoms with van der Waals surface area (Å²) in [7, 11) is -8.64. The number of hydrogen-bond acceptors (Lipinski definition) is 4. The molecule has 0 saturated heterocycles. The Labute approximate surface area is 398 Å². The number of rotatable bonds is 8. The van der Waals surface area contributed by atoms with Gasteiger partial charge in [0.2, 0.25) is 0 Å². The third-order valence-electron chi connectivity index (χ3n) is 9.06. The first-order valence-electron chi connectivity index (χ1n) is 18.8. The van der Waals surface area contributed by atoms with Gasteiger partial charge in [0.1, 0.15) is 0 Å². The molecule has 0 bridgehead atoms. The molecule has 10 heteroatoms. The summed E-state index contributed by atoms with van der Waals surface area (Å²) in [4.78, 5) is -0.366. The van der Waals surface area contributed by atoms with Gasteiger partial charge in [-0.25, -0.2) is 0 Å². The summed E-state index contributed by atoms with van der Waals surface area (Å²) in [5.74, 6) is 0. The first-order chi connectivity index (χ1) is 26.4. The van der Waals surface area contributed by atoms with Crippen LogP contribution in [-0.2, 0) is 98.5 Å². The Morgan fingerprint density at radius 1 is 0.379 bits per heavy atom. The van der Waals surface area contributed by atoms with E-state index in [0.29, 0.717) is 22.3 Å². The van der Waals surface area contributed by atoms with Gasteiger partial charge in [0.25, 0.3) is 20.2 Å². The molecule has 0 heterocycles. The molecule has 0 atom stereocenters. The molecule has 6 aromatic carbocycles. The van der Waals surface area contributed by atoms with E-state index in [1.807, 2.05) is 0 Å². The van der Waals surface area contributed by atoms with Crippen LogP contribution in [-0.4, -0.2) is 25.9 Å². The Balaban J connectivity index is 0.000000422. The molecule has 302 valence electrons. The standard InChI is InChI=1S/C15H16O6S2.C15H16.C14H14.C4H10.2Y/c1-10-3-5-12(8-14(10)22(16,17)18)7-13-6-4-11(2)15(9-13)23(19,20)21;1-12-3-7-14(8-4-12)11-15-9-5-13(2)6-10-15;1-11-3-7-13(8-4-11)14-9-5-12(2)6-10-14;1-3-4-2;;/h3-6,8-9H,7H2,1-2H3,(H,16,17,18)(H,19,20,21);3-10H,11H2,1-2H3;3-10H,1-2H3;3-4H2,1-2H3;;. The van der Waals surface area contributed by atoms with Crippen molar-refractivity contribution in [2.24, 2.45) is 0 Å². The SMILES string of the molecule is CCCC.Cc1ccc(-c2ccc(C)cc2)cc1.Cc1ccc(Cc2ccc(C)c(S(=O)(=O)O)c2)cc1S(=O)(=O)O.Cc1ccc(Cc2ccc(C)cc2)cc1.[Y].[Y]. The zero-order valence-corrected chi connectivity index (χ0v) is 42.3. The minimum atomic E-state index is -4.32. The van der Waals surface area contributed by atoms with Crippen LogP contribution in [0.3, 0.4) is 0 Å². The predicted molar refractivity (Wildman–Crippen MR) is 232 cm³/mol. The van der Waals surface area contributed by atoms with E-state index in [0.717, 1.165) is 6.42 Å². The smallest absolute Gasteiger partial charge is 0.282 e. The van der Waals surface area contributed by atoms with Gasteiger partial charge < -0.3 is 0 Å². The topological polar surface area (TPSA) is 109 Å². The minimum Gasteiger partial charge on any atom is -0.282 e. The second-order valence-corrected chi connectivity index (χ2v) is 17.0.